The van der Waals surface area contributed by atoms with Gasteiger partial charge in [0.05, 0.1) is 12.7 Å². The minimum atomic E-state index is -4.77. The summed E-state index contributed by atoms with van der Waals surface area (Å²) in [5.74, 6) is -0.911. The topological polar surface area (TPSA) is 35.5 Å². The molecule has 0 unspecified atom stereocenters. The van der Waals surface area contributed by atoms with Crippen molar-refractivity contribution in [1.82, 2.24) is 0 Å². The Morgan fingerprint density at radius 2 is 2.00 bits per heavy atom. The second-order valence-electron chi connectivity index (χ2n) is 4.07. The van der Waals surface area contributed by atoms with E-state index < -0.39 is 12.3 Å². The summed E-state index contributed by atoms with van der Waals surface area (Å²) in [6.07, 6.45) is -3.09. The smallest absolute Gasteiger partial charge is 0.465 e. The molecule has 0 aliphatic heterocycles. The maximum Gasteiger partial charge on any atom is 0.573 e. The molecule has 1 aliphatic carbocycles. The zero-order chi connectivity index (χ0) is 13.3. The molecular weight excluding hydrogens is 249 g/mol. The fraction of sp³-hybridized carbons (Fsp3) is 0.417. The van der Waals surface area contributed by atoms with E-state index in [4.69, 9.17) is 0 Å². The van der Waals surface area contributed by atoms with Crippen molar-refractivity contribution in [3.63, 3.8) is 0 Å². The van der Waals surface area contributed by atoms with Crippen LogP contribution in [0.1, 0.15) is 34.7 Å². The molecule has 0 N–H and O–H groups in total. The average molecular weight is 260 g/mol. The van der Waals surface area contributed by atoms with Gasteiger partial charge in [-0.1, -0.05) is 6.07 Å². The first-order chi connectivity index (χ1) is 8.40. The number of carbonyl (C=O) groups excluding carboxylic acids is 1. The summed E-state index contributed by atoms with van der Waals surface area (Å²) in [5.41, 5.74) is 0.529. The highest BCUT2D eigenvalue weighted by Gasteiger charge is 2.35. The van der Waals surface area contributed by atoms with Gasteiger partial charge in [0.15, 0.2) is 0 Å². The first-order valence-electron chi connectivity index (χ1n) is 5.38. The van der Waals surface area contributed by atoms with Gasteiger partial charge in [-0.05, 0) is 36.5 Å². The lowest BCUT2D eigenvalue weighted by atomic mass is 10.1. The maximum atomic E-state index is 12.3. The lowest BCUT2D eigenvalue weighted by molar-refractivity contribution is -0.274. The molecule has 0 amide bonds. The Hall–Kier alpha value is -1.72. The van der Waals surface area contributed by atoms with E-state index in [1.165, 1.54) is 19.2 Å². The van der Waals surface area contributed by atoms with Crippen molar-refractivity contribution in [2.75, 3.05) is 7.11 Å². The van der Waals surface area contributed by atoms with Crippen molar-refractivity contribution < 1.29 is 27.4 Å². The number of benzene rings is 1. The van der Waals surface area contributed by atoms with Gasteiger partial charge in [-0.2, -0.15) is 0 Å². The van der Waals surface area contributed by atoms with Crippen LogP contribution in [-0.2, 0) is 4.74 Å². The Labute approximate surface area is 102 Å². The normalized spacial score (nSPS) is 15.3. The fourth-order valence-corrected chi connectivity index (χ4v) is 1.72. The van der Waals surface area contributed by atoms with Crippen molar-refractivity contribution in [2.45, 2.75) is 25.1 Å². The molecule has 6 heteroatoms. The van der Waals surface area contributed by atoms with Crippen molar-refractivity contribution in [2.24, 2.45) is 0 Å². The van der Waals surface area contributed by atoms with Crippen LogP contribution in [0.2, 0.25) is 0 Å². The number of carbonyl (C=O) groups is 1. The van der Waals surface area contributed by atoms with E-state index in [2.05, 4.69) is 9.47 Å². The Kier molecular flexibility index (Phi) is 3.19. The molecule has 0 aromatic heterocycles. The largest absolute Gasteiger partial charge is 0.573 e. The summed E-state index contributed by atoms with van der Waals surface area (Å²) in [4.78, 5) is 11.3. The molecule has 1 fully saturated rings. The third-order valence-electron chi connectivity index (χ3n) is 2.68. The highest BCUT2D eigenvalue weighted by atomic mass is 19.4. The van der Waals surface area contributed by atoms with E-state index in [9.17, 15) is 18.0 Å². The van der Waals surface area contributed by atoms with Gasteiger partial charge < -0.3 is 9.47 Å². The van der Waals surface area contributed by atoms with E-state index in [1.54, 1.807) is 0 Å². The highest BCUT2D eigenvalue weighted by Crippen LogP contribution is 2.45. The van der Waals surface area contributed by atoms with Gasteiger partial charge in [0.1, 0.15) is 5.75 Å². The van der Waals surface area contributed by atoms with Gasteiger partial charge in [-0.25, -0.2) is 4.79 Å². The van der Waals surface area contributed by atoms with Crippen LogP contribution in [0.3, 0.4) is 0 Å². The molecule has 3 nitrogen and oxygen atoms in total. The maximum absolute atomic E-state index is 12.3. The number of hydrogen-bond acceptors (Lipinski definition) is 3. The number of esters is 1. The minimum Gasteiger partial charge on any atom is -0.465 e. The first-order valence-corrected chi connectivity index (χ1v) is 5.38. The van der Waals surface area contributed by atoms with Crippen LogP contribution in [-0.4, -0.2) is 19.4 Å². The highest BCUT2D eigenvalue weighted by molar-refractivity contribution is 5.90. The van der Waals surface area contributed by atoms with Crippen molar-refractivity contribution in [3.8, 4) is 5.75 Å². The summed E-state index contributed by atoms with van der Waals surface area (Å²) in [5, 5.41) is 0. The molecule has 1 saturated carbocycles. The summed E-state index contributed by atoms with van der Waals surface area (Å²) in [7, 11) is 1.17. The molecule has 18 heavy (non-hydrogen) atoms. The van der Waals surface area contributed by atoms with Crippen LogP contribution < -0.4 is 4.74 Å². The number of rotatable bonds is 3. The van der Waals surface area contributed by atoms with E-state index in [1.807, 2.05) is 0 Å². The number of methoxy groups -OCH3 is 1. The van der Waals surface area contributed by atoms with Crippen LogP contribution in [0.25, 0.3) is 0 Å². The first kappa shape index (κ1) is 12.7. The van der Waals surface area contributed by atoms with Crippen LogP contribution in [0.15, 0.2) is 18.2 Å². The van der Waals surface area contributed by atoms with E-state index in [-0.39, 0.29) is 17.2 Å². The van der Waals surface area contributed by atoms with Crippen LogP contribution >= 0.6 is 0 Å². The summed E-state index contributed by atoms with van der Waals surface area (Å²) >= 11 is 0. The summed E-state index contributed by atoms with van der Waals surface area (Å²) in [6, 6.07) is 4.01. The molecular formula is C12H11F3O3. The Morgan fingerprint density at radius 1 is 1.33 bits per heavy atom. The van der Waals surface area contributed by atoms with Crippen molar-refractivity contribution in [3.05, 3.63) is 29.3 Å². The van der Waals surface area contributed by atoms with Gasteiger partial charge >= 0.3 is 12.3 Å². The molecule has 1 aromatic carbocycles. The molecule has 0 heterocycles. The van der Waals surface area contributed by atoms with Gasteiger partial charge in [-0.3, -0.25) is 0 Å². The number of hydrogen-bond donors (Lipinski definition) is 0. The van der Waals surface area contributed by atoms with Crippen LogP contribution in [0, 0.1) is 0 Å². The third kappa shape index (κ3) is 2.94. The summed E-state index contributed by atoms with van der Waals surface area (Å²) < 4.78 is 45.3. The predicted molar refractivity (Wildman–Crippen MR) is 56.4 cm³/mol. The van der Waals surface area contributed by atoms with E-state index in [0.29, 0.717) is 5.56 Å². The molecule has 2 rings (SSSR count). The molecule has 1 aromatic rings. The Bertz CT molecular complexity index is 464. The fourth-order valence-electron chi connectivity index (χ4n) is 1.72. The zero-order valence-corrected chi connectivity index (χ0v) is 9.58. The number of halogens is 3. The van der Waals surface area contributed by atoms with Gasteiger partial charge in [-0.15, -0.1) is 13.2 Å². The Morgan fingerprint density at radius 3 is 2.50 bits per heavy atom. The summed E-state index contributed by atoms with van der Waals surface area (Å²) in [6.45, 7) is 0. The van der Waals surface area contributed by atoms with Crippen LogP contribution in [0.4, 0.5) is 13.2 Å². The molecule has 0 atom stereocenters. The molecule has 0 spiro atoms. The standard InChI is InChI=1S/C12H11F3O3/c1-17-11(16)8-4-5-9(7-2-3-7)10(6-8)18-12(13,14)15/h4-7H,2-3H2,1H3. The number of ether oxygens (including phenoxy) is 2. The number of alkyl halides is 3. The van der Waals surface area contributed by atoms with Gasteiger partial charge in [0, 0.05) is 0 Å². The molecule has 1 aliphatic rings. The molecule has 0 saturated heterocycles. The molecule has 0 radical (unpaired) electrons. The Balaban J connectivity index is 2.34. The van der Waals surface area contributed by atoms with Gasteiger partial charge in [0.2, 0.25) is 0 Å². The minimum absolute atomic E-state index is 0.0427. The molecule has 0 bridgehead atoms. The molecule has 98 valence electrons. The predicted octanol–water partition coefficient (Wildman–Crippen LogP) is 3.25. The monoisotopic (exact) mass is 260 g/mol. The second kappa shape index (κ2) is 4.51. The lowest BCUT2D eigenvalue weighted by Crippen LogP contribution is -2.18. The van der Waals surface area contributed by atoms with Gasteiger partial charge in [0.25, 0.3) is 0 Å². The van der Waals surface area contributed by atoms with Crippen molar-refractivity contribution in [1.29, 1.82) is 0 Å². The average Bonchev–Trinajstić information content (AvgIpc) is 3.09. The van der Waals surface area contributed by atoms with E-state index in [0.717, 1.165) is 18.9 Å². The second-order valence-corrected chi connectivity index (χ2v) is 4.07. The quantitative estimate of drug-likeness (QED) is 0.782. The SMILES string of the molecule is COC(=O)c1ccc(C2CC2)c(OC(F)(F)F)c1. The lowest BCUT2D eigenvalue weighted by Gasteiger charge is -2.13. The zero-order valence-electron chi connectivity index (χ0n) is 9.58. The van der Waals surface area contributed by atoms with E-state index >= 15 is 0 Å². The van der Waals surface area contributed by atoms with Crippen molar-refractivity contribution >= 4 is 5.97 Å². The third-order valence-corrected chi connectivity index (χ3v) is 2.68. The van der Waals surface area contributed by atoms with Crippen LogP contribution in [0.5, 0.6) is 5.75 Å².